The van der Waals surface area contributed by atoms with Crippen molar-refractivity contribution in [1.29, 1.82) is 0 Å². The van der Waals surface area contributed by atoms with Crippen LogP contribution in [0.1, 0.15) is 6.92 Å². The molecule has 1 unspecified atom stereocenters. The van der Waals surface area contributed by atoms with Crippen LogP contribution in [0.25, 0.3) is 0 Å². The zero-order chi connectivity index (χ0) is 5.15. The number of aliphatic hydroxyl groups is 1. The summed E-state index contributed by atoms with van der Waals surface area (Å²) >= 11 is 0. The summed E-state index contributed by atoms with van der Waals surface area (Å²) in [5.41, 5.74) is 0. The molecule has 0 radical (unpaired) electrons. The Labute approximate surface area is 124 Å². The first-order valence-corrected chi connectivity index (χ1v) is 1.53. The Hall–Kier alpha value is 2.27. The molecule has 1 N–H and O–H groups in total. The molecule has 0 fully saturated rings. The summed E-state index contributed by atoms with van der Waals surface area (Å²) in [7, 11) is 0. The Morgan fingerprint density at radius 3 is 1.60 bits per heavy atom. The molecule has 0 aliphatic rings. The Morgan fingerprint density at radius 2 is 1.60 bits per heavy atom. The van der Waals surface area contributed by atoms with Crippen molar-refractivity contribution >= 4 is 43.7 Å². The van der Waals surface area contributed by atoms with Gasteiger partial charge in [-0.3, -0.25) is 0 Å². The van der Waals surface area contributed by atoms with Gasteiger partial charge >= 0.3 is 67.3 Å². The van der Waals surface area contributed by atoms with E-state index in [4.69, 9.17) is 5.11 Å². The van der Waals surface area contributed by atoms with Gasteiger partial charge in [-0.05, 0) is 6.92 Å². The van der Waals surface area contributed by atoms with Crippen LogP contribution in [0, 0.1) is 0 Å². The monoisotopic (exact) mass is 222 g/mol. The molecular formula is C3H5CaCl2NaO3. The second-order valence-corrected chi connectivity index (χ2v) is 0.995. The van der Waals surface area contributed by atoms with Crippen molar-refractivity contribution in [3.8, 4) is 0 Å². The van der Waals surface area contributed by atoms with Crippen LogP contribution in [0.4, 0.5) is 0 Å². The molecule has 7 heteroatoms. The molecule has 0 bridgehead atoms. The minimum absolute atomic E-state index is 0. The fourth-order valence-corrected chi connectivity index (χ4v) is 0. The van der Waals surface area contributed by atoms with E-state index in [2.05, 4.69) is 0 Å². The van der Waals surface area contributed by atoms with Crippen molar-refractivity contribution < 1.29 is 69.4 Å². The Morgan fingerprint density at radius 1 is 1.50 bits per heavy atom. The maximum Gasteiger partial charge on any atom is 2.00 e. The van der Waals surface area contributed by atoms with E-state index in [1.165, 1.54) is 0 Å². The molecule has 0 aromatic carbocycles. The molecule has 52 valence electrons. The van der Waals surface area contributed by atoms with Gasteiger partial charge in [0, 0.05) is 0 Å². The number of halogens is 2. The molecule has 0 heterocycles. The molecule has 0 aromatic rings. The van der Waals surface area contributed by atoms with Crippen LogP contribution in [-0.2, 0) is 4.79 Å². The standard InChI is InChI=1S/C3H6O3.Ca.2ClH.Na/c1-2(4)3(5)6;;;;/h2,4H,1H3,(H,5,6);;2*1H;/q;+2;;;+1/p-3. The molecule has 0 aliphatic heterocycles. The Kier molecular flexibility index (Phi) is 51.2. The average Bonchev–Trinajstić information content (AvgIpc) is 1.36. The van der Waals surface area contributed by atoms with Crippen LogP contribution in [0.15, 0.2) is 0 Å². The number of carbonyl (C=O) groups excluding carboxylic acids is 1. The summed E-state index contributed by atoms with van der Waals surface area (Å²) in [6.07, 6.45) is -1.34. The van der Waals surface area contributed by atoms with E-state index >= 15 is 0 Å². The SMILES string of the molecule is CC(O)C(=O)[O-].[Ca+2].[Cl-].[Cl-].[Na+]. The Balaban J connectivity index is -0.0000000208. The number of aliphatic carboxylic acids is 1. The second-order valence-electron chi connectivity index (χ2n) is 0.995. The summed E-state index contributed by atoms with van der Waals surface area (Å²) < 4.78 is 0. The van der Waals surface area contributed by atoms with Crippen molar-refractivity contribution in [2.45, 2.75) is 13.0 Å². The average molecular weight is 223 g/mol. The summed E-state index contributed by atoms with van der Waals surface area (Å²) in [5, 5.41) is 17.3. The van der Waals surface area contributed by atoms with Gasteiger partial charge in [0.15, 0.2) is 0 Å². The van der Waals surface area contributed by atoms with E-state index in [1.807, 2.05) is 0 Å². The van der Waals surface area contributed by atoms with Crippen LogP contribution < -0.4 is 59.5 Å². The summed E-state index contributed by atoms with van der Waals surface area (Å²) in [6.45, 7) is 1.13. The van der Waals surface area contributed by atoms with Crippen molar-refractivity contribution in [2.75, 3.05) is 0 Å². The number of rotatable bonds is 1. The van der Waals surface area contributed by atoms with Gasteiger partial charge < -0.3 is 39.8 Å². The van der Waals surface area contributed by atoms with Gasteiger partial charge in [-0.2, -0.15) is 0 Å². The van der Waals surface area contributed by atoms with E-state index in [1.54, 1.807) is 0 Å². The summed E-state index contributed by atoms with van der Waals surface area (Å²) in [5.74, 6) is -1.44. The van der Waals surface area contributed by atoms with Gasteiger partial charge in [-0.15, -0.1) is 0 Å². The minimum atomic E-state index is -1.44. The topological polar surface area (TPSA) is 60.4 Å². The fourth-order valence-electron chi connectivity index (χ4n) is 0. The third kappa shape index (κ3) is 22.4. The van der Waals surface area contributed by atoms with Crippen molar-refractivity contribution in [3.63, 3.8) is 0 Å². The summed E-state index contributed by atoms with van der Waals surface area (Å²) in [4.78, 5) is 9.34. The molecule has 0 aromatic heterocycles. The molecular weight excluding hydrogens is 218 g/mol. The van der Waals surface area contributed by atoms with E-state index < -0.39 is 12.1 Å². The molecule has 0 amide bonds. The minimum Gasteiger partial charge on any atom is -1.00 e. The number of carboxylic acid groups (broad SMARTS) is 1. The summed E-state index contributed by atoms with van der Waals surface area (Å²) in [6, 6.07) is 0. The van der Waals surface area contributed by atoms with Gasteiger partial charge in [-0.25, -0.2) is 0 Å². The predicted octanol–water partition coefficient (Wildman–Crippen LogP) is -11.3. The fraction of sp³-hybridized carbons (Fsp3) is 0.667. The van der Waals surface area contributed by atoms with Crippen LogP contribution in [0.5, 0.6) is 0 Å². The maximum absolute atomic E-state index is 9.34. The van der Waals surface area contributed by atoms with Crippen molar-refractivity contribution in [3.05, 3.63) is 0 Å². The predicted molar refractivity (Wildman–Crippen MR) is 22.4 cm³/mol. The number of hydrogen-bond donors (Lipinski definition) is 1. The van der Waals surface area contributed by atoms with Gasteiger partial charge in [0.2, 0.25) is 0 Å². The Bertz CT molecular complexity index is 72.8. The van der Waals surface area contributed by atoms with Crippen LogP contribution >= 0.6 is 0 Å². The normalized spacial score (nSPS) is 8.20. The molecule has 0 saturated heterocycles. The smallest absolute Gasteiger partial charge is 1.00 e. The molecule has 0 aliphatic carbocycles. The second kappa shape index (κ2) is 17.4. The number of hydrogen-bond acceptors (Lipinski definition) is 3. The van der Waals surface area contributed by atoms with Crippen LogP contribution in [0.2, 0.25) is 0 Å². The van der Waals surface area contributed by atoms with Crippen LogP contribution in [0.3, 0.4) is 0 Å². The molecule has 3 nitrogen and oxygen atoms in total. The quantitative estimate of drug-likeness (QED) is 0.449. The first kappa shape index (κ1) is 29.5. The van der Waals surface area contributed by atoms with Crippen molar-refractivity contribution in [1.82, 2.24) is 0 Å². The van der Waals surface area contributed by atoms with E-state index in [0.717, 1.165) is 6.92 Å². The number of aliphatic hydroxyl groups excluding tert-OH is 1. The van der Waals surface area contributed by atoms with Gasteiger partial charge in [-0.1, -0.05) is 0 Å². The van der Waals surface area contributed by atoms with Gasteiger partial charge in [0.05, 0.1) is 12.1 Å². The molecule has 10 heavy (non-hydrogen) atoms. The first-order chi connectivity index (χ1) is 2.64. The van der Waals surface area contributed by atoms with Gasteiger partial charge in [0.1, 0.15) is 0 Å². The molecule has 0 saturated carbocycles. The molecule has 0 spiro atoms. The molecule has 0 rings (SSSR count). The zero-order valence-electron chi connectivity index (χ0n) is 5.80. The first-order valence-electron chi connectivity index (χ1n) is 1.53. The molecule has 1 atom stereocenters. The van der Waals surface area contributed by atoms with E-state index in [0.29, 0.717) is 0 Å². The third-order valence-corrected chi connectivity index (χ3v) is 0.341. The van der Waals surface area contributed by atoms with Gasteiger partial charge in [0.25, 0.3) is 0 Å². The van der Waals surface area contributed by atoms with E-state index in [-0.39, 0.29) is 92.1 Å². The van der Waals surface area contributed by atoms with Crippen molar-refractivity contribution in [2.24, 2.45) is 0 Å². The third-order valence-electron chi connectivity index (χ3n) is 0.341. The maximum atomic E-state index is 9.34. The van der Waals surface area contributed by atoms with E-state index in [9.17, 15) is 9.90 Å². The number of carbonyl (C=O) groups is 1. The number of carboxylic acids is 1. The van der Waals surface area contributed by atoms with Crippen LogP contribution in [-0.4, -0.2) is 54.9 Å². The zero-order valence-corrected chi connectivity index (χ0v) is 11.5. The largest absolute Gasteiger partial charge is 2.00 e.